The number of hydrogen-bond acceptors (Lipinski definition) is 3. The van der Waals surface area contributed by atoms with Crippen molar-refractivity contribution in [2.75, 3.05) is 26.2 Å². The number of amides is 1. The fraction of sp³-hybridized carbons (Fsp3) is 0.444. The molecule has 1 aliphatic heterocycles. The van der Waals surface area contributed by atoms with Crippen LogP contribution < -0.4 is 0 Å². The highest BCUT2D eigenvalue weighted by molar-refractivity contribution is 6.42. The zero-order valence-corrected chi connectivity index (χ0v) is 16.0. The van der Waals surface area contributed by atoms with E-state index in [9.17, 15) is 4.79 Å². The van der Waals surface area contributed by atoms with Gasteiger partial charge in [0.1, 0.15) is 6.54 Å². The molecule has 0 bridgehead atoms. The van der Waals surface area contributed by atoms with Crippen LogP contribution >= 0.6 is 23.2 Å². The SMILES string of the molecule is Cc1cc(C)n(CC(=O)N2CCN(Cc3ccc(Cl)c(Cl)c3)CC2)n1. The molecule has 25 heavy (non-hydrogen) atoms. The highest BCUT2D eigenvalue weighted by Gasteiger charge is 2.22. The summed E-state index contributed by atoms with van der Waals surface area (Å²) in [6.45, 7) is 8.21. The van der Waals surface area contributed by atoms with Crippen LogP contribution in [0.15, 0.2) is 24.3 Å². The molecule has 0 atom stereocenters. The molecule has 2 aromatic rings. The van der Waals surface area contributed by atoms with Crippen molar-refractivity contribution in [2.24, 2.45) is 0 Å². The number of aryl methyl sites for hydroxylation is 2. The minimum absolute atomic E-state index is 0.125. The third-order valence-corrected chi connectivity index (χ3v) is 5.24. The van der Waals surface area contributed by atoms with Gasteiger partial charge in [0.05, 0.1) is 15.7 Å². The first-order valence-electron chi connectivity index (χ1n) is 8.37. The van der Waals surface area contributed by atoms with E-state index in [2.05, 4.69) is 10.00 Å². The van der Waals surface area contributed by atoms with Gasteiger partial charge < -0.3 is 4.90 Å². The van der Waals surface area contributed by atoms with Crippen molar-refractivity contribution >= 4 is 29.1 Å². The van der Waals surface area contributed by atoms with Crippen LogP contribution in [-0.4, -0.2) is 51.7 Å². The largest absolute Gasteiger partial charge is 0.339 e. The lowest BCUT2D eigenvalue weighted by Gasteiger charge is -2.34. The Kier molecular flexibility index (Phi) is 5.67. The molecule has 0 radical (unpaired) electrons. The van der Waals surface area contributed by atoms with Gasteiger partial charge in [-0.3, -0.25) is 14.4 Å². The number of piperazine rings is 1. The van der Waals surface area contributed by atoms with Gasteiger partial charge in [-0.1, -0.05) is 29.3 Å². The first kappa shape index (κ1) is 18.2. The van der Waals surface area contributed by atoms with Gasteiger partial charge in [-0.15, -0.1) is 0 Å². The molecule has 0 unspecified atom stereocenters. The van der Waals surface area contributed by atoms with Crippen LogP contribution in [0.2, 0.25) is 10.0 Å². The second-order valence-corrected chi connectivity index (χ2v) is 7.30. The normalized spacial score (nSPS) is 15.6. The van der Waals surface area contributed by atoms with E-state index in [4.69, 9.17) is 23.2 Å². The van der Waals surface area contributed by atoms with E-state index >= 15 is 0 Å². The topological polar surface area (TPSA) is 41.4 Å². The maximum Gasteiger partial charge on any atom is 0.244 e. The van der Waals surface area contributed by atoms with Crippen LogP contribution in [0.5, 0.6) is 0 Å². The Morgan fingerprint density at radius 2 is 1.80 bits per heavy atom. The molecule has 134 valence electrons. The smallest absolute Gasteiger partial charge is 0.244 e. The van der Waals surface area contributed by atoms with Crippen molar-refractivity contribution in [3.63, 3.8) is 0 Å². The number of carbonyl (C=O) groups excluding carboxylic acids is 1. The van der Waals surface area contributed by atoms with Crippen LogP contribution in [-0.2, 0) is 17.9 Å². The minimum atomic E-state index is 0.125. The van der Waals surface area contributed by atoms with Crippen molar-refractivity contribution in [1.82, 2.24) is 19.6 Å². The summed E-state index contributed by atoms with van der Waals surface area (Å²) in [4.78, 5) is 16.7. The molecule has 1 aromatic carbocycles. The lowest BCUT2D eigenvalue weighted by atomic mass is 10.2. The number of nitrogens with zero attached hydrogens (tertiary/aromatic N) is 4. The molecule has 0 saturated carbocycles. The van der Waals surface area contributed by atoms with Gasteiger partial charge in [0.2, 0.25) is 5.91 Å². The van der Waals surface area contributed by atoms with E-state index in [0.29, 0.717) is 16.6 Å². The van der Waals surface area contributed by atoms with Gasteiger partial charge in [0.25, 0.3) is 0 Å². The van der Waals surface area contributed by atoms with Crippen molar-refractivity contribution < 1.29 is 4.79 Å². The van der Waals surface area contributed by atoms with Crippen molar-refractivity contribution in [3.05, 3.63) is 51.3 Å². The first-order chi connectivity index (χ1) is 11.9. The third-order valence-electron chi connectivity index (χ3n) is 4.50. The fourth-order valence-electron chi connectivity index (χ4n) is 3.11. The predicted octanol–water partition coefficient (Wildman–Crippen LogP) is 3.15. The molecule has 7 heteroatoms. The molecule has 1 saturated heterocycles. The molecule has 3 rings (SSSR count). The summed E-state index contributed by atoms with van der Waals surface area (Å²) in [6, 6.07) is 7.72. The summed E-state index contributed by atoms with van der Waals surface area (Å²) in [5, 5.41) is 5.52. The third kappa shape index (κ3) is 4.54. The number of hydrogen-bond donors (Lipinski definition) is 0. The second-order valence-electron chi connectivity index (χ2n) is 6.49. The van der Waals surface area contributed by atoms with Gasteiger partial charge >= 0.3 is 0 Å². The molecular weight excluding hydrogens is 359 g/mol. The summed E-state index contributed by atoms with van der Waals surface area (Å²) in [7, 11) is 0. The van der Waals surface area contributed by atoms with Gasteiger partial charge in [0, 0.05) is 38.4 Å². The van der Waals surface area contributed by atoms with Crippen LogP contribution in [0, 0.1) is 13.8 Å². The van der Waals surface area contributed by atoms with E-state index in [1.807, 2.05) is 43.0 Å². The molecule has 2 heterocycles. The second kappa shape index (κ2) is 7.77. The number of benzene rings is 1. The zero-order chi connectivity index (χ0) is 18.0. The Morgan fingerprint density at radius 1 is 1.08 bits per heavy atom. The van der Waals surface area contributed by atoms with Crippen LogP contribution in [0.3, 0.4) is 0 Å². The van der Waals surface area contributed by atoms with E-state index in [-0.39, 0.29) is 5.91 Å². The average Bonchev–Trinajstić information content (AvgIpc) is 2.89. The quantitative estimate of drug-likeness (QED) is 0.817. The molecule has 0 N–H and O–H groups in total. The van der Waals surface area contributed by atoms with E-state index in [1.165, 1.54) is 0 Å². The Morgan fingerprint density at radius 3 is 2.40 bits per heavy atom. The maximum atomic E-state index is 12.5. The Balaban J connectivity index is 1.51. The van der Waals surface area contributed by atoms with Gasteiger partial charge in [-0.2, -0.15) is 5.10 Å². The van der Waals surface area contributed by atoms with E-state index in [1.54, 1.807) is 4.68 Å². The number of rotatable bonds is 4. The highest BCUT2D eigenvalue weighted by atomic mass is 35.5. The summed E-state index contributed by atoms with van der Waals surface area (Å²) in [5.74, 6) is 0.125. The van der Waals surface area contributed by atoms with Gasteiger partial charge in [0.15, 0.2) is 0 Å². The number of halogens is 2. The van der Waals surface area contributed by atoms with Crippen molar-refractivity contribution in [3.8, 4) is 0 Å². The standard InChI is InChI=1S/C18H22Cl2N4O/c1-13-9-14(2)24(21-13)12-18(25)23-7-5-22(6-8-23)11-15-3-4-16(19)17(20)10-15/h3-4,9-10H,5-8,11-12H2,1-2H3. The molecule has 1 fully saturated rings. The molecule has 1 aliphatic rings. The van der Waals surface area contributed by atoms with Crippen LogP contribution in [0.1, 0.15) is 17.0 Å². The first-order valence-corrected chi connectivity index (χ1v) is 9.13. The van der Waals surface area contributed by atoms with E-state index < -0.39 is 0 Å². The van der Waals surface area contributed by atoms with E-state index in [0.717, 1.165) is 49.7 Å². The lowest BCUT2D eigenvalue weighted by Crippen LogP contribution is -2.49. The zero-order valence-electron chi connectivity index (χ0n) is 14.5. The number of carbonyl (C=O) groups is 1. The lowest BCUT2D eigenvalue weighted by molar-refractivity contribution is -0.133. The molecule has 0 aliphatic carbocycles. The highest BCUT2D eigenvalue weighted by Crippen LogP contribution is 2.23. The van der Waals surface area contributed by atoms with Crippen molar-refractivity contribution in [2.45, 2.75) is 26.9 Å². The Bertz CT molecular complexity index is 766. The molecular formula is C18H22Cl2N4O. The van der Waals surface area contributed by atoms with Crippen LogP contribution in [0.4, 0.5) is 0 Å². The molecule has 5 nitrogen and oxygen atoms in total. The van der Waals surface area contributed by atoms with Crippen LogP contribution in [0.25, 0.3) is 0 Å². The monoisotopic (exact) mass is 380 g/mol. The number of aromatic nitrogens is 2. The summed E-state index contributed by atoms with van der Waals surface area (Å²) < 4.78 is 1.78. The summed E-state index contributed by atoms with van der Waals surface area (Å²) in [6.07, 6.45) is 0. The van der Waals surface area contributed by atoms with Crippen molar-refractivity contribution in [1.29, 1.82) is 0 Å². The minimum Gasteiger partial charge on any atom is -0.339 e. The molecule has 1 amide bonds. The Labute approximate surface area is 158 Å². The fourth-order valence-corrected chi connectivity index (χ4v) is 3.44. The molecule has 1 aromatic heterocycles. The summed E-state index contributed by atoms with van der Waals surface area (Å²) >= 11 is 12.0. The average molecular weight is 381 g/mol. The molecule has 0 spiro atoms. The maximum absolute atomic E-state index is 12.5. The van der Waals surface area contributed by atoms with Gasteiger partial charge in [-0.05, 0) is 37.6 Å². The summed E-state index contributed by atoms with van der Waals surface area (Å²) in [5.41, 5.74) is 3.10. The van der Waals surface area contributed by atoms with Gasteiger partial charge in [-0.25, -0.2) is 0 Å². The Hall–Kier alpha value is -1.56. The predicted molar refractivity (Wildman–Crippen MR) is 100 cm³/mol.